The third kappa shape index (κ3) is 18.9. The van der Waals surface area contributed by atoms with Crippen LogP contribution in [0, 0.1) is 6.92 Å². The standard InChI is InChI=1S/C19H17Cl2NO4.C15H16F3N5O4S.C14H10F4N4O7S/c1-2-26-19(25)16(21)10-11-9-12(7-8-15(11)20)22-17(23)13-5-3-4-6-14(13)18(22)24;1-9-19-12(22-14(20-9)27-2)21-13(24)23-28(25,26)11-6-4-3-5-10(11)7-8-15(16,17)18;15-11(16)28-8-5-9(29-12(17)18)20-13(19-8)21-14(25)22-30(26,27)7-4-2-1-3-6(7)10(23)24/h7-10H,2-6H2,1H3;3-6H,7-8H2,1-2H3,(H2,19,20,21,22,23,24);1-5,11-12H,(H,23,24)(H2,19,20,21,22,25)/b16-10-;;. The van der Waals surface area contributed by atoms with Crippen molar-refractivity contribution in [1.82, 2.24) is 34.4 Å². The summed E-state index contributed by atoms with van der Waals surface area (Å²) >= 11 is 12.1. The smallest absolute Gasteiger partial charge is 0.389 e. The van der Waals surface area contributed by atoms with Crippen molar-refractivity contribution in [2.45, 2.75) is 81.6 Å². The van der Waals surface area contributed by atoms with Crippen LogP contribution < -0.4 is 39.2 Å². The molecule has 0 saturated heterocycles. The Morgan fingerprint density at radius 1 is 0.762 bits per heavy atom. The number of benzene rings is 3. The molecule has 0 saturated carbocycles. The molecule has 1 aliphatic carbocycles. The van der Waals surface area contributed by atoms with Crippen molar-refractivity contribution in [3.63, 3.8) is 0 Å². The number of urea groups is 2. The molecule has 1 aliphatic heterocycles. The molecule has 0 atom stereocenters. The molecular formula is C48H43Cl2F7N10O15S2. The summed E-state index contributed by atoms with van der Waals surface area (Å²) in [6.07, 6.45) is -1.75. The number of sulfonamides is 2. The lowest BCUT2D eigenvalue weighted by Gasteiger charge is -2.16. The minimum Gasteiger partial charge on any atom is -0.478 e. The number of imide groups is 1. The van der Waals surface area contributed by atoms with Crippen molar-refractivity contribution in [2.24, 2.45) is 0 Å². The minimum atomic E-state index is -4.71. The molecule has 3 heterocycles. The zero-order chi connectivity index (χ0) is 62.3. The number of carbonyl (C=O) groups excluding carboxylic acids is 5. The number of esters is 1. The Labute approximate surface area is 480 Å². The number of nitrogens with zero attached hydrogens (tertiary/aromatic N) is 6. The van der Waals surface area contributed by atoms with E-state index >= 15 is 0 Å². The van der Waals surface area contributed by atoms with E-state index < -0.39 is 109 Å². The summed E-state index contributed by atoms with van der Waals surface area (Å²) < 4.78 is 157. The predicted molar refractivity (Wildman–Crippen MR) is 279 cm³/mol. The number of carboxylic acid groups (broad SMARTS) is 1. The summed E-state index contributed by atoms with van der Waals surface area (Å²) in [5.41, 5.74) is 1.33. The number of nitrogens with one attached hydrogen (secondary N) is 4. The molecule has 2 aromatic heterocycles. The molecule has 2 aliphatic rings. The summed E-state index contributed by atoms with van der Waals surface area (Å²) in [6, 6.07) is 11.8. The lowest BCUT2D eigenvalue weighted by atomic mass is 9.93. The van der Waals surface area contributed by atoms with Gasteiger partial charge in [-0.2, -0.15) is 55.7 Å². The van der Waals surface area contributed by atoms with Crippen LogP contribution in [0.25, 0.3) is 6.08 Å². The van der Waals surface area contributed by atoms with Crippen LogP contribution >= 0.6 is 23.2 Å². The van der Waals surface area contributed by atoms with Crippen molar-refractivity contribution >= 4 is 103 Å². The summed E-state index contributed by atoms with van der Waals surface area (Å²) in [6.45, 7) is -3.44. The van der Waals surface area contributed by atoms with E-state index in [9.17, 15) is 76.3 Å². The average Bonchev–Trinajstić information content (AvgIpc) is 3.26. The molecule has 0 unspecified atom stereocenters. The maximum absolute atomic E-state index is 12.7. The number of methoxy groups -OCH3 is 1. The molecule has 0 bridgehead atoms. The van der Waals surface area contributed by atoms with E-state index in [-0.39, 0.29) is 46.8 Å². The number of hydrogen-bond donors (Lipinski definition) is 5. The first-order valence-corrected chi connectivity index (χ1v) is 27.3. The molecule has 0 spiro atoms. The van der Waals surface area contributed by atoms with E-state index in [4.69, 9.17) is 37.8 Å². The number of amides is 6. The van der Waals surface area contributed by atoms with Gasteiger partial charge in [-0.05, 0) is 99.6 Å². The van der Waals surface area contributed by atoms with Crippen molar-refractivity contribution < 1.29 is 100 Å². The second-order valence-electron chi connectivity index (χ2n) is 16.5. The molecular weight excluding hydrogens is 1220 g/mol. The molecule has 3 aromatic carbocycles. The van der Waals surface area contributed by atoms with Gasteiger partial charge in [0.2, 0.25) is 23.7 Å². The van der Waals surface area contributed by atoms with E-state index in [1.807, 2.05) is 0 Å². The highest BCUT2D eigenvalue weighted by Gasteiger charge is 2.40. The zero-order valence-electron chi connectivity index (χ0n) is 43.2. The van der Waals surface area contributed by atoms with Gasteiger partial charge in [-0.3, -0.25) is 20.2 Å². The first-order chi connectivity index (χ1) is 39.4. The Hall–Kier alpha value is -8.76. The highest BCUT2D eigenvalue weighted by Crippen LogP contribution is 2.37. The molecule has 450 valence electrons. The molecule has 5 aromatic rings. The van der Waals surface area contributed by atoms with Gasteiger partial charge in [-0.15, -0.1) is 0 Å². The number of aromatic nitrogens is 5. The van der Waals surface area contributed by atoms with Crippen molar-refractivity contribution in [3.05, 3.63) is 117 Å². The maximum atomic E-state index is 12.7. The summed E-state index contributed by atoms with van der Waals surface area (Å²) in [5, 5.41) is 13.0. The Morgan fingerprint density at radius 2 is 1.29 bits per heavy atom. The fourth-order valence-electron chi connectivity index (χ4n) is 7.25. The second kappa shape index (κ2) is 29.0. The van der Waals surface area contributed by atoms with Gasteiger partial charge in [0.1, 0.15) is 15.8 Å². The molecule has 5 N–H and O–H groups in total. The minimum absolute atomic E-state index is 0.0715. The lowest BCUT2D eigenvalue weighted by molar-refractivity contribution is -0.137. The van der Waals surface area contributed by atoms with Crippen LogP contribution in [-0.4, -0.2) is 116 Å². The number of hydrogen-bond acceptors (Lipinski definition) is 19. The van der Waals surface area contributed by atoms with Gasteiger partial charge in [0, 0.05) is 22.6 Å². The van der Waals surface area contributed by atoms with Crippen molar-refractivity contribution in [3.8, 4) is 17.8 Å². The molecule has 84 heavy (non-hydrogen) atoms. The van der Waals surface area contributed by atoms with Gasteiger partial charge in [-0.1, -0.05) is 53.5 Å². The molecule has 36 heteroatoms. The third-order valence-electron chi connectivity index (χ3n) is 10.6. The van der Waals surface area contributed by atoms with Crippen LogP contribution in [0.5, 0.6) is 17.8 Å². The van der Waals surface area contributed by atoms with E-state index in [2.05, 4.69) is 39.7 Å². The highest BCUT2D eigenvalue weighted by atomic mass is 35.5. The average molecular weight is 1270 g/mol. The zero-order valence-corrected chi connectivity index (χ0v) is 46.3. The third-order valence-corrected chi connectivity index (χ3v) is 14.1. The molecule has 7 rings (SSSR count). The first kappa shape index (κ1) is 66.0. The van der Waals surface area contributed by atoms with Crippen molar-refractivity contribution in [1.29, 1.82) is 0 Å². The van der Waals surface area contributed by atoms with E-state index in [1.165, 1.54) is 60.1 Å². The number of anilines is 3. The van der Waals surface area contributed by atoms with Gasteiger partial charge >= 0.3 is 49.4 Å². The first-order valence-electron chi connectivity index (χ1n) is 23.6. The molecule has 0 fully saturated rings. The Morgan fingerprint density at radius 3 is 1.81 bits per heavy atom. The largest absolute Gasteiger partial charge is 0.478 e. The van der Waals surface area contributed by atoms with Crippen LogP contribution in [-0.2, 0) is 45.6 Å². The quantitative estimate of drug-likeness (QED) is 0.0238. The number of rotatable bonds is 18. The Kier molecular flexibility index (Phi) is 22.8. The number of aryl methyl sites for hydroxylation is 2. The van der Waals surface area contributed by atoms with E-state index in [1.54, 1.807) is 35.2 Å². The summed E-state index contributed by atoms with van der Waals surface area (Å²) in [7, 11) is -7.86. The van der Waals surface area contributed by atoms with Gasteiger partial charge in [-0.25, -0.2) is 50.4 Å². The van der Waals surface area contributed by atoms with Gasteiger partial charge in [0.15, 0.2) is 0 Å². The predicted octanol–water partition coefficient (Wildman–Crippen LogP) is 8.31. The van der Waals surface area contributed by atoms with Crippen LogP contribution in [0.2, 0.25) is 5.02 Å². The lowest BCUT2D eigenvalue weighted by Crippen LogP contribution is -2.35. The fraction of sp³-hybridized carbons (Fsp3) is 0.271. The normalized spacial score (nSPS) is 13.4. The highest BCUT2D eigenvalue weighted by molar-refractivity contribution is 7.90. The maximum Gasteiger partial charge on any atom is 0.389 e. The van der Waals surface area contributed by atoms with E-state index in [0.717, 1.165) is 31.0 Å². The number of alkyl halides is 7. The molecule has 0 radical (unpaired) electrons. The fourth-order valence-corrected chi connectivity index (χ4v) is 9.88. The molecule has 25 nitrogen and oxygen atoms in total. The van der Waals surface area contributed by atoms with Crippen LogP contribution in [0.3, 0.4) is 0 Å². The van der Waals surface area contributed by atoms with Crippen LogP contribution in [0.15, 0.2) is 98.8 Å². The van der Waals surface area contributed by atoms with Crippen LogP contribution in [0.4, 0.5) is 57.9 Å². The van der Waals surface area contributed by atoms with Crippen molar-refractivity contribution in [2.75, 3.05) is 29.3 Å². The van der Waals surface area contributed by atoms with Gasteiger partial charge in [0.25, 0.3) is 31.9 Å². The Balaban J connectivity index is 0.000000231. The number of carboxylic acids is 1. The SMILES string of the molecule is CCOC(=O)/C(Cl)=C/c1cc(N2C(=O)C3=C(CCCC3)C2=O)ccc1Cl.COc1nc(C)nc(NC(=O)NS(=O)(=O)c2ccccc2CCC(F)(F)F)n1.O=C(Nc1nc(OC(F)F)cc(OC(F)F)n1)NS(=O)(=O)c1ccccc1C(=O)O. The molecule has 6 amide bonds. The second-order valence-corrected chi connectivity index (χ2v) is 20.6. The number of ether oxygens (including phenoxy) is 4. The topological polar surface area (TPSA) is 344 Å². The number of aromatic carboxylic acids is 1. The van der Waals surface area contributed by atoms with E-state index in [0.29, 0.717) is 46.3 Å². The van der Waals surface area contributed by atoms with Crippen LogP contribution in [0.1, 0.15) is 66.3 Å². The number of carbonyl (C=O) groups is 6. The van der Waals surface area contributed by atoms with Gasteiger partial charge in [0.05, 0.1) is 35.9 Å². The monoisotopic (exact) mass is 1270 g/mol. The summed E-state index contributed by atoms with van der Waals surface area (Å²) in [5.74, 6) is -5.73. The summed E-state index contributed by atoms with van der Waals surface area (Å²) in [4.78, 5) is 90.0. The Bertz CT molecular complexity index is 3570. The number of halogens is 9. The van der Waals surface area contributed by atoms with Gasteiger partial charge < -0.3 is 24.1 Å².